The molecule has 0 aliphatic heterocycles. The van der Waals surface area contributed by atoms with Crippen LogP contribution in [0.15, 0.2) is 12.1 Å². The first-order valence-corrected chi connectivity index (χ1v) is 4.77. The fourth-order valence-corrected chi connectivity index (χ4v) is 1.69. The maximum absolute atomic E-state index is 5.20. The molecule has 11 heavy (non-hydrogen) atoms. The first-order chi connectivity index (χ1) is 5.16. The van der Waals surface area contributed by atoms with Gasteiger partial charge in [0.2, 0.25) is 0 Å². The molecule has 0 fully saturated rings. The Morgan fingerprint density at radius 2 is 1.82 bits per heavy atom. The third-order valence-corrected chi connectivity index (χ3v) is 3.31. The maximum atomic E-state index is 5.20. The molecule has 0 saturated carbocycles. The fourth-order valence-electron chi connectivity index (χ4n) is 1.15. The van der Waals surface area contributed by atoms with Crippen molar-refractivity contribution in [2.45, 2.75) is 13.8 Å². The summed E-state index contributed by atoms with van der Waals surface area (Å²) < 4.78 is 5.20. The van der Waals surface area contributed by atoms with Crippen LogP contribution in [0.4, 0.5) is 0 Å². The van der Waals surface area contributed by atoms with E-state index < -0.39 is 0 Å². The predicted octanol–water partition coefficient (Wildman–Crippen LogP) is 0.303. The van der Waals surface area contributed by atoms with Gasteiger partial charge in [0.05, 0.1) is 7.11 Å². The summed E-state index contributed by atoms with van der Waals surface area (Å²) in [6, 6.07) is 4.19. The van der Waals surface area contributed by atoms with Crippen molar-refractivity contribution in [3.8, 4) is 5.75 Å². The van der Waals surface area contributed by atoms with Crippen LogP contribution >= 0.6 is 0 Å². The molecular formula is C9H14OSi. The van der Waals surface area contributed by atoms with Gasteiger partial charge in [0.1, 0.15) is 5.75 Å². The third kappa shape index (κ3) is 1.45. The monoisotopic (exact) mass is 166 g/mol. The van der Waals surface area contributed by atoms with Crippen molar-refractivity contribution in [2.75, 3.05) is 7.11 Å². The van der Waals surface area contributed by atoms with Gasteiger partial charge in [0.25, 0.3) is 0 Å². The van der Waals surface area contributed by atoms with Gasteiger partial charge < -0.3 is 4.74 Å². The van der Waals surface area contributed by atoms with Crippen LogP contribution in [0, 0.1) is 13.8 Å². The standard InChI is InChI=1S/C9H14OSi/c1-6-7(2)9(11)5-4-8(6)10-3/h4-5H,1-3,11H3. The zero-order chi connectivity index (χ0) is 8.43. The van der Waals surface area contributed by atoms with Gasteiger partial charge in [-0.15, -0.1) is 0 Å². The molecule has 0 aromatic heterocycles. The molecular weight excluding hydrogens is 152 g/mol. The molecule has 0 bridgehead atoms. The van der Waals surface area contributed by atoms with Gasteiger partial charge in [-0.2, -0.15) is 0 Å². The first-order valence-electron chi connectivity index (χ1n) is 3.77. The van der Waals surface area contributed by atoms with Gasteiger partial charge in [-0.05, 0) is 31.0 Å². The van der Waals surface area contributed by atoms with Gasteiger partial charge in [-0.25, -0.2) is 0 Å². The Bertz CT molecular complexity index is 269. The zero-order valence-corrected chi connectivity index (χ0v) is 9.56. The molecule has 0 aliphatic rings. The van der Waals surface area contributed by atoms with E-state index in [2.05, 4.69) is 19.9 Å². The Hall–Kier alpha value is -0.763. The lowest BCUT2D eigenvalue weighted by molar-refractivity contribution is 0.411. The van der Waals surface area contributed by atoms with Gasteiger partial charge in [-0.3, -0.25) is 0 Å². The first kappa shape index (κ1) is 8.33. The summed E-state index contributed by atoms with van der Waals surface area (Å²) in [5.41, 5.74) is 2.66. The van der Waals surface area contributed by atoms with Crippen molar-refractivity contribution >= 4 is 15.4 Å². The molecule has 1 rings (SSSR count). The molecule has 2 heteroatoms. The summed E-state index contributed by atoms with van der Waals surface area (Å²) in [4.78, 5) is 0. The second-order valence-electron chi connectivity index (χ2n) is 2.83. The Morgan fingerprint density at radius 1 is 1.18 bits per heavy atom. The van der Waals surface area contributed by atoms with Crippen LogP contribution in [0.5, 0.6) is 5.75 Å². The van der Waals surface area contributed by atoms with E-state index in [-0.39, 0.29) is 0 Å². The number of hydrogen-bond acceptors (Lipinski definition) is 1. The van der Waals surface area contributed by atoms with Crippen LogP contribution in [0.3, 0.4) is 0 Å². The zero-order valence-electron chi connectivity index (χ0n) is 7.56. The van der Waals surface area contributed by atoms with Crippen LogP contribution in [0.25, 0.3) is 0 Å². The van der Waals surface area contributed by atoms with Crippen molar-refractivity contribution in [3.63, 3.8) is 0 Å². The number of ether oxygens (including phenoxy) is 1. The average molecular weight is 166 g/mol. The van der Waals surface area contributed by atoms with Crippen molar-refractivity contribution < 1.29 is 4.74 Å². The minimum Gasteiger partial charge on any atom is -0.496 e. The molecule has 0 N–H and O–H groups in total. The van der Waals surface area contributed by atoms with Crippen LogP contribution in [-0.4, -0.2) is 17.4 Å². The number of methoxy groups -OCH3 is 1. The van der Waals surface area contributed by atoms with Gasteiger partial charge in [0.15, 0.2) is 0 Å². The molecule has 0 atom stereocenters. The Morgan fingerprint density at radius 3 is 2.36 bits per heavy atom. The molecule has 0 spiro atoms. The summed E-state index contributed by atoms with van der Waals surface area (Å²) in [6.07, 6.45) is 0. The van der Waals surface area contributed by atoms with E-state index in [1.54, 1.807) is 7.11 Å². The highest BCUT2D eigenvalue weighted by Crippen LogP contribution is 2.17. The van der Waals surface area contributed by atoms with Crippen molar-refractivity contribution in [1.82, 2.24) is 0 Å². The van der Waals surface area contributed by atoms with E-state index in [1.165, 1.54) is 16.3 Å². The lowest BCUT2D eigenvalue weighted by atomic mass is 10.1. The molecule has 0 unspecified atom stereocenters. The van der Waals surface area contributed by atoms with E-state index in [9.17, 15) is 0 Å². The molecule has 0 heterocycles. The van der Waals surface area contributed by atoms with Crippen molar-refractivity contribution in [2.24, 2.45) is 0 Å². The normalized spacial score (nSPS) is 10.1. The lowest BCUT2D eigenvalue weighted by Crippen LogP contribution is -2.08. The topological polar surface area (TPSA) is 9.23 Å². The molecule has 0 radical (unpaired) electrons. The van der Waals surface area contributed by atoms with E-state index >= 15 is 0 Å². The Labute approximate surface area is 70.8 Å². The molecule has 60 valence electrons. The minimum absolute atomic E-state index is 1.00. The van der Waals surface area contributed by atoms with Gasteiger partial charge >= 0.3 is 0 Å². The van der Waals surface area contributed by atoms with Gasteiger partial charge in [-0.1, -0.05) is 11.3 Å². The third-order valence-electron chi connectivity index (χ3n) is 2.23. The molecule has 1 aromatic carbocycles. The largest absolute Gasteiger partial charge is 0.496 e. The molecule has 1 nitrogen and oxygen atoms in total. The lowest BCUT2D eigenvalue weighted by Gasteiger charge is -2.09. The van der Waals surface area contributed by atoms with Gasteiger partial charge in [0, 0.05) is 10.2 Å². The van der Waals surface area contributed by atoms with Crippen LogP contribution in [-0.2, 0) is 0 Å². The Kier molecular flexibility index (Phi) is 2.34. The summed E-state index contributed by atoms with van der Waals surface area (Å²) in [7, 11) is 2.84. The van der Waals surface area contributed by atoms with Crippen LogP contribution in [0.2, 0.25) is 0 Å². The Balaban J connectivity index is 3.25. The quantitative estimate of drug-likeness (QED) is 0.545. The summed E-state index contributed by atoms with van der Waals surface area (Å²) in [6.45, 7) is 4.26. The highest BCUT2D eigenvalue weighted by atomic mass is 28.1. The molecule has 0 saturated heterocycles. The predicted molar refractivity (Wildman–Crippen MR) is 52.0 cm³/mol. The van der Waals surface area contributed by atoms with E-state index in [1.807, 2.05) is 6.07 Å². The summed E-state index contributed by atoms with van der Waals surface area (Å²) in [5, 5.41) is 1.46. The van der Waals surface area contributed by atoms with E-state index in [0.717, 1.165) is 16.0 Å². The molecule has 1 aromatic rings. The smallest absolute Gasteiger partial charge is 0.122 e. The average Bonchev–Trinajstić information content (AvgIpc) is 2.01. The maximum Gasteiger partial charge on any atom is 0.122 e. The second-order valence-corrected chi connectivity index (χ2v) is 3.91. The summed E-state index contributed by atoms with van der Waals surface area (Å²) in [5.74, 6) is 1.00. The highest BCUT2D eigenvalue weighted by Gasteiger charge is 2.01. The van der Waals surface area contributed by atoms with Crippen LogP contribution in [0.1, 0.15) is 11.1 Å². The van der Waals surface area contributed by atoms with E-state index in [4.69, 9.17) is 4.74 Å². The van der Waals surface area contributed by atoms with Crippen molar-refractivity contribution in [1.29, 1.82) is 0 Å². The highest BCUT2D eigenvalue weighted by molar-refractivity contribution is 6.33. The molecule has 0 amide bonds. The van der Waals surface area contributed by atoms with Crippen molar-refractivity contribution in [3.05, 3.63) is 23.3 Å². The number of rotatable bonds is 1. The minimum atomic E-state index is 1.00. The SMILES string of the molecule is COc1ccc([SiH3])c(C)c1C. The van der Waals surface area contributed by atoms with Crippen LogP contribution < -0.4 is 9.92 Å². The number of benzene rings is 1. The summed E-state index contributed by atoms with van der Waals surface area (Å²) >= 11 is 0. The second kappa shape index (κ2) is 3.09. The van der Waals surface area contributed by atoms with E-state index in [0.29, 0.717) is 0 Å². The fraction of sp³-hybridized carbons (Fsp3) is 0.333. The number of hydrogen-bond donors (Lipinski definition) is 0. The molecule has 0 aliphatic carbocycles.